The van der Waals surface area contributed by atoms with Crippen molar-refractivity contribution in [3.05, 3.63) is 35.5 Å². The first-order valence-corrected chi connectivity index (χ1v) is 9.59. The van der Waals surface area contributed by atoms with E-state index in [9.17, 15) is 20.4 Å². The van der Waals surface area contributed by atoms with Gasteiger partial charge in [0.15, 0.2) is 0 Å². The van der Waals surface area contributed by atoms with Crippen LogP contribution in [0.15, 0.2) is 35.5 Å². The summed E-state index contributed by atoms with van der Waals surface area (Å²) in [5.41, 5.74) is 1.93. The molecule has 0 aromatic heterocycles. The van der Waals surface area contributed by atoms with Crippen molar-refractivity contribution in [2.24, 2.45) is 11.3 Å². The first kappa shape index (κ1) is 18.8. The molecule has 0 aromatic carbocycles. The quantitative estimate of drug-likeness (QED) is 0.632. The molecule has 3 aliphatic rings. The maximum Gasteiger partial charge on any atom is 0.106 e. The summed E-state index contributed by atoms with van der Waals surface area (Å²) in [6, 6.07) is 0. The molecule has 3 saturated carbocycles. The molecule has 140 valence electrons. The Morgan fingerprint density at radius 3 is 2.72 bits per heavy atom. The normalized spacial score (nSPS) is 43.5. The standard InChI is InChI=1S/C21H32O4/c1-14-5-8-17(23)12-16(14)7-6-15-4-3-10-20(2)18(15)9-11-21(20,25)19(24)13-22/h6-7,17-19,22-25H,1,3-5,8-13H2,2H3/b15-6+,16-7-/t17-,18-,19-,20-,21-/m0/s1. The first-order valence-electron chi connectivity index (χ1n) is 9.59. The summed E-state index contributed by atoms with van der Waals surface area (Å²) >= 11 is 0. The molecule has 0 bridgehead atoms. The molecule has 0 aromatic rings. The molecule has 4 nitrogen and oxygen atoms in total. The summed E-state index contributed by atoms with van der Waals surface area (Å²) in [4.78, 5) is 0. The maximum atomic E-state index is 11.1. The zero-order valence-electron chi connectivity index (χ0n) is 15.2. The van der Waals surface area contributed by atoms with Crippen LogP contribution in [0.25, 0.3) is 0 Å². The van der Waals surface area contributed by atoms with Gasteiger partial charge in [0, 0.05) is 5.41 Å². The van der Waals surface area contributed by atoms with Gasteiger partial charge in [-0.25, -0.2) is 0 Å². The van der Waals surface area contributed by atoms with Gasteiger partial charge in [0.05, 0.1) is 18.3 Å². The summed E-state index contributed by atoms with van der Waals surface area (Å²) in [6.45, 7) is 5.78. The van der Waals surface area contributed by atoms with Crippen molar-refractivity contribution in [1.29, 1.82) is 0 Å². The van der Waals surface area contributed by atoms with Crippen molar-refractivity contribution < 1.29 is 20.4 Å². The molecule has 0 saturated heterocycles. The lowest BCUT2D eigenvalue weighted by Gasteiger charge is -2.48. The van der Waals surface area contributed by atoms with Crippen molar-refractivity contribution in [3.63, 3.8) is 0 Å². The summed E-state index contributed by atoms with van der Waals surface area (Å²) in [5, 5.41) is 40.6. The molecule has 0 aliphatic heterocycles. The number of aliphatic hydroxyl groups is 4. The van der Waals surface area contributed by atoms with Crippen LogP contribution >= 0.6 is 0 Å². The van der Waals surface area contributed by atoms with E-state index in [1.807, 2.05) is 0 Å². The molecule has 4 N–H and O–H groups in total. The highest BCUT2D eigenvalue weighted by molar-refractivity contribution is 5.36. The van der Waals surface area contributed by atoms with E-state index in [1.165, 1.54) is 5.57 Å². The fourth-order valence-electron chi connectivity index (χ4n) is 5.38. The first-order chi connectivity index (χ1) is 11.8. The third-order valence-corrected chi connectivity index (χ3v) is 7.09. The second-order valence-electron chi connectivity index (χ2n) is 8.42. The van der Waals surface area contributed by atoms with Crippen molar-refractivity contribution in [2.45, 2.75) is 76.1 Å². The number of rotatable bonds is 3. The van der Waals surface area contributed by atoms with E-state index in [4.69, 9.17) is 0 Å². The van der Waals surface area contributed by atoms with E-state index in [2.05, 4.69) is 25.7 Å². The molecule has 3 aliphatic carbocycles. The molecule has 0 unspecified atom stereocenters. The van der Waals surface area contributed by atoms with Crippen LogP contribution in [0.1, 0.15) is 58.3 Å². The van der Waals surface area contributed by atoms with E-state index in [0.717, 1.165) is 49.7 Å². The van der Waals surface area contributed by atoms with E-state index in [-0.39, 0.29) is 12.0 Å². The molecule has 5 atom stereocenters. The maximum absolute atomic E-state index is 11.1. The molecular formula is C21H32O4. The van der Waals surface area contributed by atoms with E-state index < -0.39 is 23.7 Å². The van der Waals surface area contributed by atoms with E-state index in [0.29, 0.717) is 12.8 Å². The minimum atomic E-state index is -1.22. The number of hydrogen-bond donors (Lipinski definition) is 4. The Labute approximate surface area is 150 Å². The Bertz CT molecular complexity index is 593. The molecule has 0 heterocycles. The highest BCUT2D eigenvalue weighted by Crippen LogP contribution is 2.60. The highest BCUT2D eigenvalue weighted by Gasteiger charge is 2.60. The van der Waals surface area contributed by atoms with Crippen LogP contribution in [0.2, 0.25) is 0 Å². The van der Waals surface area contributed by atoms with Crippen molar-refractivity contribution in [3.8, 4) is 0 Å². The zero-order valence-corrected chi connectivity index (χ0v) is 15.2. The summed E-state index contributed by atoms with van der Waals surface area (Å²) < 4.78 is 0. The van der Waals surface area contributed by atoms with Crippen LogP contribution in [0.3, 0.4) is 0 Å². The molecule has 25 heavy (non-hydrogen) atoms. The van der Waals surface area contributed by atoms with Crippen LogP contribution in [-0.2, 0) is 0 Å². The van der Waals surface area contributed by atoms with Gasteiger partial charge in [0.25, 0.3) is 0 Å². The third-order valence-electron chi connectivity index (χ3n) is 7.09. The van der Waals surface area contributed by atoms with Gasteiger partial charge in [-0.2, -0.15) is 0 Å². The van der Waals surface area contributed by atoms with Gasteiger partial charge in [-0.1, -0.05) is 36.8 Å². The summed E-state index contributed by atoms with van der Waals surface area (Å²) in [5.74, 6) is 0.228. The average Bonchev–Trinajstić information content (AvgIpc) is 2.88. The Morgan fingerprint density at radius 2 is 2.00 bits per heavy atom. The van der Waals surface area contributed by atoms with Gasteiger partial charge in [0.2, 0.25) is 0 Å². The van der Waals surface area contributed by atoms with Gasteiger partial charge in [-0.05, 0) is 62.9 Å². The zero-order chi connectivity index (χ0) is 18.2. The topological polar surface area (TPSA) is 80.9 Å². The SMILES string of the molecule is C=C1CC[C@H](O)C/C1=C/C=C1\CCC[C@@]2(C)[C@H]1CC[C@]2(O)[C@@H](O)CO. The number of fused-ring (bicyclic) bond motifs is 1. The smallest absolute Gasteiger partial charge is 0.106 e. The van der Waals surface area contributed by atoms with Crippen molar-refractivity contribution in [2.75, 3.05) is 6.61 Å². The van der Waals surface area contributed by atoms with Crippen LogP contribution in [0, 0.1) is 11.3 Å². The van der Waals surface area contributed by atoms with E-state index >= 15 is 0 Å². The van der Waals surface area contributed by atoms with Gasteiger partial charge >= 0.3 is 0 Å². The molecular weight excluding hydrogens is 316 g/mol. The number of hydrogen-bond acceptors (Lipinski definition) is 4. The van der Waals surface area contributed by atoms with Gasteiger partial charge in [-0.15, -0.1) is 0 Å². The lowest BCUT2D eigenvalue weighted by atomic mass is 9.60. The molecule has 3 rings (SSSR count). The molecule has 3 fully saturated rings. The summed E-state index contributed by atoms with van der Waals surface area (Å²) in [6.07, 6.45) is 9.41. The average molecular weight is 348 g/mol. The molecule has 0 amide bonds. The molecule has 4 heteroatoms. The fourth-order valence-corrected chi connectivity index (χ4v) is 5.38. The Kier molecular flexibility index (Phi) is 5.27. The number of allylic oxidation sites excluding steroid dienone is 4. The van der Waals surface area contributed by atoms with E-state index in [1.54, 1.807) is 0 Å². The Hall–Kier alpha value is -0.940. The van der Waals surface area contributed by atoms with Gasteiger partial charge < -0.3 is 20.4 Å². The largest absolute Gasteiger partial charge is 0.394 e. The highest BCUT2D eigenvalue weighted by atomic mass is 16.4. The predicted octanol–water partition coefficient (Wildman–Crippen LogP) is 2.62. The predicted molar refractivity (Wildman–Crippen MR) is 97.9 cm³/mol. The summed E-state index contributed by atoms with van der Waals surface area (Å²) in [7, 11) is 0. The molecule has 0 radical (unpaired) electrons. The van der Waals surface area contributed by atoms with Crippen LogP contribution in [0.5, 0.6) is 0 Å². The van der Waals surface area contributed by atoms with Crippen LogP contribution in [-0.4, -0.2) is 44.8 Å². The minimum Gasteiger partial charge on any atom is -0.394 e. The second-order valence-corrected chi connectivity index (χ2v) is 8.42. The van der Waals surface area contributed by atoms with Crippen molar-refractivity contribution in [1.82, 2.24) is 0 Å². The monoisotopic (exact) mass is 348 g/mol. The lowest BCUT2D eigenvalue weighted by Crippen LogP contribution is -2.55. The van der Waals surface area contributed by atoms with Crippen LogP contribution < -0.4 is 0 Å². The minimum absolute atomic E-state index is 0.228. The third kappa shape index (κ3) is 3.14. The fraction of sp³-hybridized carbons (Fsp3) is 0.714. The van der Waals surface area contributed by atoms with Crippen molar-refractivity contribution >= 4 is 0 Å². The van der Waals surface area contributed by atoms with Crippen LogP contribution in [0.4, 0.5) is 0 Å². The molecule has 0 spiro atoms. The second kappa shape index (κ2) is 6.99. The Balaban J connectivity index is 1.86. The number of aliphatic hydroxyl groups excluding tert-OH is 3. The van der Waals surface area contributed by atoms with Gasteiger partial charge in [0.1, 0.15) is 6.10 Å². The van der Waals surface area contributed by atoms with Gasteiger partial charge in [-0.3, -0.25) is 0 Å². The lowest BCUT2D eigenvalue weighted by molar-refractivity contribution is -0.161. The Morgan fingerprint density at radius 1 is 1.24 bits per heavy atom.